The molecule has 0 saturated carbocycles. The Morgan fingerprint density at radius 3 is 1.82 bits per heavy atom. The first-order valence-corrected chi connectivity index (χ1v) is 6.80. The summed E-state index contributed by atoms with van der Waals surface area (Å²) in [6.07, 6.45) is -4.32. The van der Waals surface area contributed by atoms with E-state index in [1.54, 1.807) is 24.3 Å². The molecule has 0 bridgehead atoms. The second-order valence-corrected chi connectivity index (χ2v) is 5.15. The molecule has 22 heavy (non-hydrogen) atoms. The molecule has 0 spiro atoms. The lowest BCUT2D eigenvalue weighted by Gasteiger charge is -2.09. The number of carbonyl (C=O) groups is 1. The summed E-state index contributed by atoms with van der Waals surface area (Å²) in [6.45, 7) is 0. The van der Waals surface area contributed by atoms with Gasteiger partial charge in [-0.1, -0.05) is 35.9 Å². The molecule has 2 nitrogen and oxygen atoms in total. The number of ketones is 1. The fourth-order valence-corrected chi connectivity index (χ4v) is 2.06. The number of rotatable bonds is 5. The first-order valence-electron chi connectivity index (χ1n) is 6.43. The number of alkyl halides is 3. The molecule has 0 N–H and O–H groups in total. The lowest BCUT2D eigenvalue weighted by molar-refractivity contribution is -0.274. The number of carbonyl (C=O) groups excluding carboxylic acids is 1. The van der Waals surface area contributed by atoms with Gasteiger partial charge in [0.05, 0.1) is 0 Å². The van der Waals surface area contributed by atoms with Crippen LogP contribution in [0, 0.1) is 0 Å². The zero-order valence-electron chi connectivity index (χ0n) is 11.4. The lowest BCUT2D eigenvalue weighted by Crippen LogP contribution is -2.17. The third kappa shape index (κ3) is 5.41. The van der Waals surface area contributed by atoms with E-state index >= 15 is 0 Å². The molecular weight excluding hydrogens is 317 g/mol. The van der Waals surface area contributed by atoms with Gasteiger partial charge in [0.1, 0.15) is 11.5 Å². The van der Waals surface area contributed by atoms with E-state index in [0.717, 1.165) is 5.56 Å². The van der Waals surface area contributed by atoms with E-state index in [-0.39, 0.29) is 24.4 Å². The molecular formula is C16H12ClF3O2. The molecule has 6 heteroatoms. The third-order valence-corrected chi connectivity index (χ3v) is 3.12. The summed E-state index contributed by atoms with van der Waals surface area (Å²) >= 11 is 5.76. The highest BCUT2D eigenvalue weighted by Gasteiger charge is 2.30. The first-order chi connectivity index (χ1) is 10.3. The number of benzene rings is 2. The molecule has 0 radical (unpaired) electrons. The summed E-state index contributed by atoms with van der Waals surface area (Å²) in [7, 11) is 0. The Morgan fingerprint density at radius 1 is 0.909 bits per heavy atom. The number of hydrogen-bond donors (Lipinski definition) is 0. The van der Waals surface area contributed by atoms with E-state index in [9.17, 15) is 18.0 Å². The van der Waals surface area contributed by atoms with Gasteiger partial charge >= 0.3 is 6.36 Å². The van der Waals surface area contributed by atoms with Crippen LogP contribution in [0.4, 0.5) is 13.2 Å². The molecule has 0 aliphatic rings. The summed E-state index contributed by atoms with van der Waals surface area (Å²) in [5.74, 6) is -0.340. The van der Waals surface area contributed by atoms with Gasteiger partial charge < -0.3 is 4.74 Å². The van der Waals surface area contributed by atoms with E-state index in [1.807, 2.05) is 0 Å². The summed E-state index contributed by atoms with van der Waals surface area (Å²) in [6, 6.07) is 12.2. The fourth-order valence-electron chi connectivity index (χ4n) is 1.93. The Bertz CT molecular complexity index is 634. The normalized spacial score (nSPS) is 11.3. The van der Waals surface area contributed by atoms with Crippen LogP contribution in [0.2, 0.25) is 5.02 Å². The molecule has 0 aliphatic carbocycles. The fraction of sp³-hybridized carbons (Fsp3) is 0.188. The maximum atomic E-state index is 12.0. The number of ether oxygens (including phenoxy) is 1. The second kappa shape index (κ2) is 6.83. The van der Waals surface area contributed by atoms with Crippen LogP contribution in [0.5, 0.6) is 5.75 Å². The van der Waals surface area contributed by atoms with E-state index in [2.05, 4.69) is 4.74 Å². The zero-order chi connectivity index (χ0) is 16.2. The molecule has 2 aromatic rings. The Balaban J connectivity index is 1.93. The highest BCUT2D eigenvalue weighted by atomic mass is 35.5. The Hall–Kier alpha value is -2.01. The van der Waals surface area contributed by atoms with E-state index in [0.29, 0.717) is 10.6 Å². The smallest absolute Gasteiger partial charge is 0.406 e. The third-order valence-electron chi connectivity index (χ3n) is 2.87. The van der Waals surface area contributed by atoms with Gasteiger partial charge in [-0.05, 0) is 35.4 Å². The van der Waals surface area contributed by atoms with Crippen molar-refractivity contribution in [3.05, 3.63) is 64.7 Å². The minimum absolute atomic E-state index is 0.0354. The molecule has 0 unspecified atom stereocenters. The summed E-state index contributed by atoms with van der Waals surface area (Å²) in [5.41, 5.74) is 1.47. The van der Waals surface area contributed by atoms with Crippen molar-refractivity contribution in [2.45, 2.75) is 19.2 Å². The first kappa shape index (κ1) is 16.4. The van der Waals surface area contributed by atoms with Crippen LogP contribution in [-0.4, -0.2) is 12.1 Å². The molecule has 2 rings (SSSR count). The predicted octanol–water partition coefficient (Wildman–Crippen LogP) is 4.59. The van der Waals surface area contributed by atoms with Gasteiger partial charge in [-0.3, -0.25) is 4.79 Å². The van der Waals surface area contributed by atoms with Crippen LogP contribution < -0.4 is 4.74 Å². The second-order valence-electron chi connectivity index (χ2n) is 4.71. The lowest BCUT2D eigenvalue weighted by atomic mass is 10.0. The van der Waals surface area contributed by atoms with E-state index in [4.69, 9.17) is 11.6 Å². The molecule has 2 aromatic carbocycles. The Morgan fingerprint density at radius 2 is 1.36 bits per heavy atom. The van der Waals surface area contributed by atoms with Crippen molar-refractivity contribution in [1.29, 1.82) is 0 Å². The average molecular weight is 329 g/mol. The summed E-state index contributed by atoms with van der Waals surface area (Å²) in [5, 5.41) is 0.594. The SMILES string of the molecule is O=C(Cc1ccc(Cl)cc1)Cc1ccc(OC(F)(F)F)cc1. The minimum atomic E-state index is -4.72. The maximum absolute atomic E-state index is 12.0. The van der Waals surface area contributed by atoms with Crippen molar-refractivity contribution in [3.63, 3.8) is 0 Å². The number of halogens is 4. The van der Waals surface area contributed by atoms with Crippen LogP contribution in [0.3, 0.4) is 0 Å². The number of hydrogen-bond acceptors (Lipinski definition) is 2. The van der Waals surface area contributed by atoms with Gasteiger partial charge in [-0.2, -0.15) is 0 Å². The molecule has 0 aliphatic heterocycles. The van der Waals surface area contributed by atoms with E-state index in [1.165, 1.54) is 24.3 Å². The zero-order valence-corrected chi connectivity index (χ0v) is 12.1. The van der Waals surface area contributed by atoms with Crippen molar-refractivity contribution in [2.24, 2.45) is 0 Å². The van der Waals surface area contributed by atoms with Crippen LogP contribution in [0.25, 0.3) is 0 Å². The largest absolute Gasteiger partial charge is 0.573 e. The molecule has 116 valence electrons. The van der Waals surface area contributed by atoms with Gasteiger partial charge in [-0.25, -0.2) is 0 Å². The Labute approximate surface area is 130 Å². The molecule has 0 heterocycles. The van der Waals surface area contributed by atoms with Gasteiger partial charge in [0, 0.05) is 17.9 Å². The van der Waals surface area contributed by atoms with E-state index < -0.39 is 6.36 Å². The Kier molecular flexibility index (Phi) is 5.08. The molecule has 0 fully saturated rings. The van der Waals surface area contributed by atoms with Crippen LogP contribution >= 0.6 is 11.6 Å². The van der Waals surface area contributed by atoms with Crippen LogP contribution in [-0.2, 0) is 17.6 Å². The van der Waals surface area contributed by atoms with Crippen molar-refractivity contribution in [2.75, 3.05) is 0 Å². The molecule has 0 aromatic heterocycles. The standard InChI is InChI=1S/C16H12ClF3O2/c17-13-5-1-11(2-6-13)9-14(21)10-12-3-7-15(8-4-12)22-16(18,19)20/h1-8H,9-10H2. The van der Waals surface area contributed by atoms with Gasteiger partial charge in [0.15, 0.2) is 0 Å². The van der Waals surface area contributed by atoms with Gasteiger partial charge in [-0.15, -0.1) is 13.2 Å². The predicted molar refractivity (Wildman–Crippen MR) is 77.0 cm³/mol. The van der Waals surface area contributed by atoms with Crippen molar-refractivity contribution < 1.29 is 22.7 Å². The molecule has 0 saturated heterocycles. The highest BCUT2D eigenvalue weighted by Crippen LogP contribution is 2.23. The summed E-state index contributed by atoms with van der Waals surface area (Å²) < 4.78 is 39.9. The van der Waals surface area contributed by atoms with Crippen molar-refractivity contribution in [1.82, 2.24) is 0 Å². The van der Waals surface area contributed by atoms with Crippen molar-refractivity contribution >= 4 is 17.4 Å². The molecule has 0 amide bonds. The molecule has 0 atom stereocenters. The van der Waals surface area contributed by atoms with Gasteiger partial charge in [0.25, 0.3) is 0 Å². The van der Waals surface area contributed by atoms with Crippen LogP contribution in [0.15, 0.2) is 48.5 Å². The maximum Gasteiger partial charge on any atom is 0.573 e. The quantitative estimate of drug-likeness (QED) is 0.802. The average Bonchev–Trinajstić information content (AvgIpc) is 2.42. The monoisotopic (exact) mass is 328 g/mol. The minimum Gasteiger partial charge on any atom is -0.406 e. The highest BCUT2D eigenvalue weighted by molar-refractivity contribution is 6.30. The number of Topliss-reactive ketones (excluding diaryl/α,β-unsaturated/α-hetero) is 1. The van der Waals surface area contributed by atoms with Crippen LogP contribution in [0.1, 0.15) is 11.1 Å². The summed E-state index contributed by atoms with van der Waals surface area (Å²) in [4.78, 5) is 11.9. The van der Waals surface area contributed by atoms with Gasteiger partial charge in [0.2, 0.25) is 0 Å². The van der Waals surface area contributed by atoms with Crippen molar-refractivity contribution in [3.8, 4) is 5.75 Å². The topological polar surface area (TPSA) is 26.3 Å².